The van der Waals surface area contributed by atoms with E-state index < -0.39 is 17.4 Å². The molecule has 0 atom stereocenters. The van der Waals surface area contributed by atoms with E-state index in [0.717, 1.165) is 12.8 Å². The molecule has 9 heteroatoms. The normalized spacial score (nSPS) is 10.8. The van der Waals surface area contributed by atoms with Crippen molar-refractivity contribution in [1.82, 2.24) is 9.38 Å². The Kier molecular flexibility index (Phi) is 6.86. The number of aromatic nitrogens is 2. The Morgan fingerprint density at radius 3 is 2.64 bits per heavy atom. The number of anilines is 1. The molecule has 168 valence electrons. The topological polar surface area (TPSA) is 89.8 Å². The largest absolute Gasteiger partial charge is 0.462 e. The van der Waals surface area contributed by atoms with Gasteiger partial charge in [-0.25, -0.2) is 9.78 Å². The molecular weight excluding hydrogens is 462 g/mol. The average molecular weight is 482 g/mol. The molecule has 2 heterocycles. The van der Waals surface area contributed by atoms with E-state index in [0.29, 0.717) is 39.1 Å². The van der Waals surface area contributed by atoms with Crippen LogP contribution in [0.4, 0.5) is 5.69 Å². The standard InChI is InChI=1S/C24H20ClN3O4S/c1-2-3-12-32-23(31)15-8-10-16(11-9-15)27-21(29)18-13-26-24-28(22(18)30)20(14-33-24)17-6-4-5-7-19(17)25/h4-11,13-14H,2-3,12H2,1H3,(H,27,29). The number of ether oxygens (including phenoxy) is 1. The maximum absolute atomic E-state index is 13.2. The van der Waals surface area contributed by atoms with Gasteiger partial charge in [-0.2, -0.15) is 0 Å². The van der Waals surface area contributed by atoms with E-state index in [2.05, 4.69) is 10.3 Å². The highest BCUT2D eigenvalue weighted by molar-refractivity contribution is 7.15. The number of carbonyl (C=O) groups excluding carboxylic acids is 2. The Morgan fingerprint density at radius 1 is 1.15 bits per heavy atom. The highest BCUT2D eigenvalue weighted by Gasteiger charge is 2.18. The molecule has 0 aliphatic heterocycles. The van der Waals surface area contributed by atoms with E-state index in [1.807, 2.05) is 13.0 Å². The fourth-order valence-corrected chi connectivity index (χ4v) is 4.27. The summed E-state index contributed by atoms with van der Waals surface area (Å²) in [4.78, 5) is 42.7. The van der Waals surface area contributed by atoms with Crippen molar-refractivity contribution in [2.24, 2.45) is 0 Å². The zero-order chi connectivity index (χ0) is 23.4. The van der Waals surface area contributed by atoms with Crippen LogP contribution in [0.2, 0.25) is 5.02 Å². The molecule has 0 saturated heterocycles. The molecule has 0 saturated carbocycles. The van der Waals surface area contributed by atoms with Crippen LogP contribution >= 0.6 is 22.9 Å². The number of hydrogen-bond donors (Lipinski definition) is 1. The predicted molar refractivity (Wildman–Crippen MR) is 129 cm³/mol. The third kappa shape index (κ3) is 4.81. The molecule has 7 nitrogen and oxygen atoms in total. The van der Waals surface area contributed by atoms with E-state index in [-0.39, 0.29) is 5.56 Å². The quantitative estimate of drug-likeness (QED) is 0.286. The van der Waals surface area contributed by atoms with Crippen molar-refractivity contribution in [2.45, 2.75) is 19.8 Å². The molecule has 0 unspecified atom stereocenters. The van der Waals surface area contributed by atoms with Crippen LogP contribution in [-0.2, 0) is 4.74 Å². The van der Waals surface area contributed by atoms with E-state index in [9.17, 15) is 14.4 Å². The van der Waals surface area contributed by atoms with Gasteiger partial charge < -0.3 is 10.1 Å². The molecule has 2 aromatic heterocycles. The zero-order valence-electron chi connectivity index (χ0n) is 17.7. The number of nitrogens with zero attached hydrogens (tertiary/aromatic N) is 2. The van der Waals surface area contributed by atoms with E-state index in [4.69, 9.17) is 16.3 Å². The third-order valence-electron chi connectivity index (χ3n) is 4.95. The minimum absolute atomic E-state index is 0.109. The molecule has 0 spiro atoms. The Morgan fingerprint density at radius 2 is 1.91 bits per heavy atom. The lowest BCUT2D eigenvalue weighted by molar-refractivity contribution is 0.0499. The number of halogens is 1. The number of hydrogen-bond acceptors (Lipinski definition) is 6. The first-order chi connectivity index (χ1) is 16.0. The van der Waals surface area contributed by atoms with Crippen LogP contribution in [0.3, 0.4) is 0 Å². The summed E-state index contributed by atoms with van der Waals surface area (Å²) in [5.74, 6) is -1.02. The monoisotopic (exact) mass is 481 g/mol. The highest BCUT2D eigenvalue weighted by atomic mass is 35.5. The summed E-state index contributed by atoms with van der Waals surface area (Å²) in [5, 5.41) is 4.95. The van der Waals surface area contributed by atoms with Crippen molar-refractivity contribution < 1.29 is 14.3 Å². The molecule has 0 radical (unpaired) electrons. The third-order valence-corrected chi connectivity index (χ3v) is 6.12. The molecule has 1 amide bonds. The number of fused-ring (bicyclic) bond motifs is 1. The van der Waals surface area contributed by atoms with Crippen LogP contribution in [0, 0.1) is 0 Å². The first-order valence-corrected chi connectivity index (χ1v) is 11.6. The first-order valence-electron chi connectivity index (χ1n) is 10.3. The fraction of sp³-hybridized carbons (Fsp3) is 0.167. The average Bonchev–Trinajstić information content (AvgIpc) is 3.25. The van der Waals surface area contributed by atoms with Crippen molar-refractivity contribution in [2.75, 3.05) is 11.9 Å². The summed E-state index contributed by atoms with van der Waals surface area (Å²) in [7, 11) is 0. The SMILES string of the molecule is CCCCOC(=O)c1ccc(NC(=O)c2cnc3scc(-c4ccccc4Cl)n3c2=O)cc1. The lowest BCUT2D eigenvalue weighted by atomic mass is 10.1. The number of thiazole rings is 1. The van der Waals surface area contributed by atoms with Crippen LogP contribution in [0.15, 0.2) is 64.9 Å². The lowest BCUT2D eigenvalue weighted by Gasteiger charge is -2.08. The van der Waals surface area contributed by atoms with Gasteiger partial charge in [-0.1, -0.05) is 43.1 Å². The van der Waals surface area contributed by atoms with Crippen LogP contribution in [-0.4, -0.2) is 27.9 Å². The number of esters is 1. The molecular formula is C24H20ClN3O4S. The molecule has 0 bridgehead atoms. The van der Waals surface area contributed by atoms with Gasteiger partial charge in [-0.05, 0) is 36.8 Å². The Labute approximate surface area is 198 Å². The van der Waals surface area contributed by atoms with Gasteiger partial charge in [0.1, 0.15) is 5.56 Å². The minimum Gasteiger partial charge on any atom is -0.462 e. The molecule has 4 rings (SSSR count). The van der Waals surface area contributed by atoms with Crippen molar-refractivity contribution >= 4 is 45.5 Å². The molecule has 2 aromatic carbocycles. The number of nitrogens with one attached hydrogen (secondary N) is 1. The van der Waals surface area contributed by atoms with Crippen molar-refractivity contribution in [1.29, 1.82) is 0 Å². The van der Waals surface area contributed by atoms with Gasteiger partial charge >= 0.3 is 5.97 Å². The molecule has 0 aliphatic carbocycles. The Balaban J connectivity index is 1.57. The second kappa shape index (κ2) is 9.97. The van der Waals surface area contributed by atoms with E-state index in [1.165, 1.54) is 21.9 Å². The van der Waals surface area contributed by atoms with Crippen LogP contribution < -0.4 is 10.9 Å². The second-order valence-electron chi connectivity index (χ2n) is 7.22. The molecule has 1 N–H and O–H groups in total. The van der Waals surface area contributed by atoms with Crippen molar-refractivity contribution in [3.63, 3.8) is 0 Å². The summed E-state index contributed by atoms with van der Waals surface area (Å²) in [5.41, 5.74) is 1.46. The second-order valence-corrected chi connectivity index (χ2v) is 8.46. The van der Waals surface area contributed by atoms with Crippen LogP contribution in [0.25, 0.3) is 16.2 Å². The maximum atomic E-state index is 13.2. The van der Waals surface area contributed by atoms with Gasteiger partial charge in [0.25, 0.3) is 11.5 Å². The van der Waals surface area contributed by atoms with E-state index >= 15 is 0 Å². The van der Waals surface area contributed by atoms with Gasteiger partial charge in [0, 0.05) is 27.9 Å². The smallest absolute Gasteiger partial charge is 0.338 e. The van der Waals surface area contributed by atoms with Gasteiger partial charge in [-0.3, -0.25) is 14.0 Å². The van der Waals surface area contributed by atoms with Gasteiger partial charge in [0.2, 0.25) is 0 Å². The van der Waals surface area contributed by atoms with Crippen molar-refractivity contribution in [3.8, 4) is 11.3 Å². The number of benzene rings is 2. The molecule has 4 aromatic rings. The Hall–Kier alpha value is -3.49. The van der Waals surface area contributed by atoms with Gasteiger partial charge in [-0.15, -0.1) is 11.3 Å². The summed E-state index contributed by atoms with van der Waals surface area (Å²) < 4.78 is 6.56. The number of unbranched alkanes of at least 4 members (excludes halogenated alkanes) is 1. The molecule has 0 fully saturated rings. The summed E-state index contributed by atoms with van der Waals surface area (Å²) in [6, 6.07) is 13.4. The number of carbonyl (C=O) groups is 2. The van der Waals surface area contributed by atoms with Crippen molar-refractivity contribution in [3.05, 3.63) is 86.6 Å². The van der Waals surface area contributed by atoms with Gasteiger partial charge in [0.15, 0.2) is 4.96 Å². The minimum atomic E-state index is -0.600. The van der Waals surface area contributed by atoms with Gasteiger partial charge in [0.05, 0.1) is 17.9 Å². The fourth-order valence-electron chi connectivity index (χ4n) is 3.19. The summed E-state index contributed by atoms with van der Waals surface area (Å²) in [6.07, 6.45) is 3.00. The van der Waals surface area contributed by atoms with E-state index in [1.54, 1.807) is 47.8 Å². The maximum Gasteiger partial charge on any atom is 0.338 e. The number of rotatable bonds is 7. The summed E-state index contributed by atoms with van der Waals surface area (Å²) >= 11 is 7.59. The zero-order valence-corrected chi connectivity index (χ0v) is 19.3. The molecule has 33 heavy (non-hydrogen) atoms. The Bertz CT molecular complexity index is 1380. The van der Waals surface area contributed by atoms with Crippen LogP contribution in [0.1, 0.15) is 40.5 Å². The highest BCUT2D eigenvalue weighted by Crippen LogP contribution is 2.30. The number of amides is 1. The summed E-state index contributed by atoms with van der Waals surface area (Å²) in [6.45, 7) is 2.38. The lowest BCUT2D eigenvalue weighted by Crippen LogP contribution is -2.26. The first kappa shape index (κ1) is 22.7. The molecule has 0 aliphatic rings. The van der Waals surface area contributed by atoms with Crippen LogP contribution in [0.5, 0.6) is 0 Å². The predicted octanol–water partition coefficient (Wildman–Crippen LogP) is 5.29.